The van der Waals surface area contributed by atoms with E-state index in [0.717, 1.165) is 51.3 Å². The molecule has 28 heavy (non-hydrogen) atoms. The van der Waals surface area contributed by atoms with E-state index in [4.69, 9.17) is 9.72 Å². The lowest BCUT2D eigenvalue weighted by atomic mass is 10.00. The summed E-state index contributed by atoms with van der Waals surface area (Å²) in [5, 5.41) is 19.2. The predicted molar refractivity (Wildman–Crippen MR) is 115 cm³/mol. The maximum absolute atomic E-state index is 9.85. The van der Waals surface area contributed by atoms with E-state index in [-0.39, 0.29) is 0 Å². The SMILES string of the molecule is COCCCSCSc1nc(-c2ccnnc2)cc(-c2ccccc2)c1C#N. The van der Waals surface area contributed by atoms with Gasteiger partial charge in [0.25, 0.3) is 0 Å². The molecule has 0 spiro atoms. The fourth-order valence-electron chi connectivity index (χ4n) is 2.63. The summed E-state index contributed by atoms with van der Waals surface area (Å²) < 4.78 is 5.09. The van der Waals surface area contributed by atoms with Crippen LogP contribution < -0.4 is 0 Å². The number of pyridine rings is 1. The van der Waals surface area contributed by atoms with Gasteiger partial charge in [-0.3, -0.25) is 0 Å². The Kier molecular flexibility index (Phi) is 7.85. The number of ether oxygens (including phenoxy) is 1. The van der Waals surface area contributed by atoms with E-state index in [1.165, 1.54) is 0 Å². The van der Waals surface area contributed by atoms with Crippen molar-refractivity contribution in [2.75, 3.05) is 24.6 Å². The molecule has 0 aliphatic heterocycles. The maximum Gasteiger partial charge on any atom is 0.116 e. The number of hydrogen-bond donors (Lipinski definition) is 0. The van der Waals surface area contributed by atoms with E-state index in [1.807, 2.05) is 54.2 Å². The van der Waals surface area contributed by atoms with Gasteiger partial charge < -0.3 is 4.74 Å². The first-order valence-corrected chi connectivity index (χ1v) is 10.9. The second-order valence-electron chi connectivity index (χ2n) is 5.86. The van der Waals surface area contributed by atoms with Crippen molar-refractivity contribution in [2.24, 2.45) is 0 Å². The van der Waals surface area contributed by atoms with Crippen LogP contribution in [0.25, 0.3) is 22.4 Å². The van der Waals surface area contributed by atoms with E-state index in [9.17, 15) is 5.26 Å². The van der Waals surface area contributed by atoms with Gasteiger partial charge >= 0.3 is 0 Å². The van der Waals surface area contributed by atoms with Gasteiger partial charge in [-0.25, -0.2) is 4.98 Å². The molecule has 0 saturated carbocycles. The lowest BCUT2D eigenvalue weighted by Crippen LogP contribution is -1.97. The number of aromatic nitrogens is 3. The van der Waals surface area contributed by atoms with E-state index < -0.39 is 0 Å². The maximum atomic E-state index is 9.85. The molecule has 0 bridgehead atoms. The third-order valence-corrected chi connectivity index (χ3v) is 6.26. The minimum Gasteiger partial charge on any atom is -0.385 e. The number of hydrogen-bond acceptors (Lipinski definition) is 7. The Bertz CT molecular complexity index is 930. The molecule has 1 aromatic carbocycles. The molecule has 2 aromatic heterocycles. The summed E-state index contributed by atoms with van der Waals surface area (Å²) in [6.07, 6.45) is 4.35. The predicted octanol–water partition coefficient (Wildman–Crippen LogP) is 4.90. The van der Waals surface area contributed by atoms with Crippen molar-refractivity contribution in [2.45, 2.75) is 11.4 Å². The molecule has 0 aliphatic rings. The average molecular weight is 409 g/mol. The lowest BCUT2D eigenvalue weighted by molar-refractivity contribution is 0.200. The molecule has 2 heterocycles. The van der Waals surface area contributed by atoms with Gasteiger partial charge in [-0.15, -0.1) is 0 Å². The van der Waals surface area contributed by atoms with E-state index >= 15 is 0 Å². The molecule has 0 fully saturated rings. The van der Waals surface area contributed by atoms with E-state index in [1.54, 1.807) is 31.3 Å². The van der Waals surface area contributed by atoms with E-state index in [2.05, 4.69) is 16.3 Å². The van der Waals surface area contributed by atoms with Crippen LogP contribution in [0.3, 0.4) is 0 Å². The second kappa shape index (κ2) is 10.8. The van der Waals surface area contributed by atoms with E-state index in [0.29, 0.717) is 5.56 Å². The summed E-state index contributed by atoms with van der Waals surface area (Å²) >= 11 is 3.42. The monoisotopic (exact) mass is 408 g/mol. The molecule has 0 atom stereocenters. The molecule has 0 unspecified atom stereocenters. The Morgan fingerprint density at radius 2 is 1.96 bits per heavy atom. The lowest BCUT2D eigenvalue weighted by Gasteiger charge is -2.12. The van der Waals surface area contributed by atoms with Crippen LogP contribution in [0, 0.1) is 11.3 Å². The number of benzene rings is 1. The van der Waals surface area contributed by atoms with Crippen LogP contribution in [-0.4, -0.2) is 39.7 Å². The third kappa shape index (κ3) is 5.32. The van der Waals surface area contributed by atoms with Gasteiger partial charge in [0.2, 0.25) is 0 Å². The Balaban J connectivity index is 1.94. The Morgan fingerprint density at radius 1 is 1.11 bits per heavy atom. The molecule has 0 aliphatic carbocycles. The molecular formula is C21H20N4OS2. The first kappa shape index (κ1) is 20.3. The number of nitrogens with zero attached hydrogens (tertiary/aromatic N) is 4. The zero-order chi connectivity index (χ0) is 19.6. The van der Waals surface area contributed by atoms with Gasteiger partial charge in [-0.05, 0) is 29.9 Å². The molecular weight excluding hydrogens is 388 g/mol. The Morgan fingerprint density at radius 3 is 2.68 bits per heavy atom. The van der Waals surface area contributed by atoms with Gasteiger partial charge in [0, 0.05) is 29.9 Å². The van der Waals surface area contributed by atoms with Crippen LogP contribution in [-0.2, 0) is 4.74 Å². The van der Waals surface area contributed by atoms with Crippen molar-refractivity contribution in [3.05, 3.63) is 60.4 Å². The van der Waals surface area contributed by atoms with Crippen LogP contribution in [0.15, 0.2) is 59.9 Å². The van der Waals surface area contributed by atoms with Gasteiger partial charge in [-0.1, -0.05) is 42.1 Å². The molecule has 3 rings (SSSR count). The second-order valence-corrected chi connectivity index (χ2v) is 8.30. The fraction of sp³-hybridized carbons (Fsp3) is 0.238. The van der Waals surface area contributed by atoms with Crippen molar-refractivity contribution in [3.63, 3.8) is 0 Å². The zero-order valence-corrected chi connectivity index (χ0v) is 17.2. The molecule has 5 nitrogen and oxygen atoms in total. The topological polar surface area (TPSA) is 71.7 Å². The molecule has 3 aromatic rings. The van der Waals surface area contributed by atoms with Crippen LogP contribution >= 0.6 is 23.5 Å². The number of nitriles is 1. The zero-order valence-electron chi connectivity index (χ0n) is 15.5. The molecule has 0 radical (unpaired) electrons. The molecule has 0 saturated heterocycles. The third-order valence-electron chi connectivity index (χ3n) is 3.98. The van der Waals surface area contributed by atoms with Gasteiger partial charge in [0.1, 0.15) is 11.1 Å². The minimum absolute atomic E-state index is 0.611. The summed E-state index contributed by atoms with van der Waals surface area (Å²) in [4.78, 5) is 4.77. The standard InChI is InChI=1S/C21H20N4OS2/c1-26-10-5-11-27-15-28-21-19(13-22)18(16-6-3-2-4-7-16)12-20(25-21)17-8-9-23-24-14-17/h2-4,6-9,12,14H,5,10-11,15H2,1H3. The number of thioether (sulfide) groups is 2. The summed E-state index contributed by atoms with van der Waals surface area (Å²) in [5.41, 5.74) is 4.17. The van der Waals surface area contributed by atoms with Crippen LogP contribution in [0.1, 0.15) is 12.0 Å². The van der Waals surface area contributed by atoms with Crippen molar-refractivity contribution in [1.82, 2.24) is 15.2 Å². The van der Waals surface area contributed by atoms with Gasteiger partial charge in [0.05, 0.1) is 23.7 Å². The van der Waals surface area contributed by atoms with Crippen LogP contribution in [0.2, 0.25) is 0 Å². The van der Waals surface area contributed by atoms with Crippen LogP contribution in [0.5, 0.6) is 0 Å². The van der Waals surface area contributed by atoms with Crippen molar-refractivity contribution in [3.8, 4) is 28.5 Å². The van der Waals surface area contributed by atoms with Crippen LogP contribution in [0.4, 0.5) is 0 Å². The average Bonchev–Trinajstić information content (AvgIpc) is 2.76. The molecule has 142 valence electrons. The fourth-order valence-corrected chi connectivity index (χ4v) is 4.67. The normalized spacial score (nSPS) is 10.6. The quantitative estimate of drug-likeness (QED) is 0.283. The van der Waals surface area contributed by atoms with Crippen molar-refractivity contribution in [1.29, 1.82) is 5.26 Å². The van der Waals surface area contributed by atoms with Gasteiger partial charge in [0.15, 0.2) is 0 Å². The van der Waals surface area contributed by atoms with Gasteiger partial charge in [-0.2, -0.15) is 27.2 Å². The highest BCUT2D eigenvalue weighted by molar-refractivity contribution is 8.15. The molecule has 7 heteroatoms. The number of methoxy groups -OCH3 is 1. The Hall–Kier alpha value is -2.40. The summed E-state index contributed by atoms with van der Waals surface area (Å²) in [7, 11) is 1.72. The highest BCUT2D eigenvalue weighted by Gasteiger charge is 2.16. The summed E-state index contributed by atoms with van der Waals surface area (Å²) in [6.45, 7) is 0.766. The molecule has 0 amide bonds. The van der Waals surface area contributed by atoms with Crippen molar-refractivity contribution < 1.29 is 4.74 Å². The smallest absolute Gasteiger partial charge is 0.116 e. The highest BCUT2D eigenvalue weighted by Crippen LogP contribution is 2.35. The summed E-state index contributed by atoms with van der Waals surface area (Å²) in [5.74, 6) is 1.02. The minimum atomic E-state index is 0.611. The highest BCUT2D eigenvalue weighted by atomic mass is 32.2. The largest absolute Gasteiger partial charge is 0.385 e. The first-order valence-electron chi connectivity index (χ1n) is 8.80. The van der Waals surface area contributed by atoms with Crippen molar-refractivity contribution >= 4 is 23.5 Å². The first-order chi connectivity index (χ1) is 13.8. The number of rotatable bonds is 9. The Labute approximate surface area is 173 Å². The summed E-state index contributed by atoms with van der Waals surface area (Å²) in [6, 6.07) is 16.1. The molecule has 0 N–H and O–H groups in total.